The number of carbonyl (C=O) groups is 2. The highest BCUT2D eigenvalue weighted by atomic mass is 19.4. The SMILES string of the molecule is COc1cc(C(F)(F)F)cc(C(NC(N)=O)(c2ccc(C(=O)O)cc2)c2ccc(C3CCCCC3)cc2)c1. The minimum atomic E-state index is -4.69. The number of carboxylic acid groups (broad SMARTS) is 1. The van der Waals surface area contributed by atoms with Crippen molar-refractivity contribution < 1.29 is 32.6 Å². The number of nitrogens with two attached hydrogens (primary N) is 1. The first-order valence-corrected chi connectivity index (χ1v) is 12.3. The van der Waals surface area contributed by atoms with E-state index in [9.17, 15) is 27.9 Å². The molecule has 1 unspecified atom stereocenters. The van der Waals surface area contributed by atoms with Crippen LogP contribution in [0.15, 0.2) is 66.7 Å². The van der Waals surface area contributed by atoms with Gasteiger partial charge in [-0.3, -0.25) is 0 Å². The topological polar surface area (TPSA) is 102 Å². The fourth-order valence-electron chi connectivity index (χ4n) is 5.30. The van der Waals surface area contributed by atoms with Crippen LogP contribution in [-0.2, 0) is 11.7 Å². The van der Waals surface area contributed by atoms with Crippen molar-refractivity contribution in [3.8, 4) is 5.75 Å². The molecule has 0 heterocycles. The van der Waals surface area contributed by atoms with E-state index in [1.165, 1.54) is 43.9 Å². The Kier molecular flexibility index (Phi) is 7.66. The van der Waals surface area contributed by atoms with Crippen LogP contribution in [0.4, 0.5) is 18.0 Å². The summed E-state index contributed by atoms with van der Waals surface area (Å²) in [5, 5.41) is 12.1. The second-order valence-corrected chi connectivity index (χ2v) is 9.53. The van der Waals surface area contributed by atoms with E-state index in [-0.39, 0.29) is 16.9 Å². The van der Waals surface area contributed by atoms with Crippen molar-refractivity contribution in [2.75, 3.05) is 7.11 Å². The lowest BCUT2D eigenvalue weighted by atomic mass is 9.75. The van der Waals surface area contributed by atoms with E-state index in [1.807, 2.05) is 12.1 Å². The van der Waals surface area contributed by atoms with Crippen molar-refractivity contribution in [3.05, 3.63) is 100 Å². The number of nitrogens with one attached hydrogen (secondary N) is 1. The average Bonchev–Trinajstić information content (AvgIpc) is 2.91. The summed E-state index contributed by atoms with van der Waals surface area (Å²) in [6, 6.07) is 15.2. The van der Waals surface area contributed by atoms with E-state index in [4.69, 9.17) is 10.5 Å². The maximum Gasteiger partial charge on any atom is 0.416 e. The van der Waals surface area contributed by atoms with E-state index >= 15 is 0 Å². The number of ether oxygens (including phenoxy) is 1. The van der Waals surface area contributed by atoms with E-state index < -0.39 is 29.3 Å². The van der Waals surface area contributed by atoms with Crippen LogP contribution < -0.4 is 15.8 Å². The molecule has 4 rings (SSSR count). The van der Waals surface area contributed by atoms with Crippen LogP contribution in [0, 0.1) is 0 Å². The van der Waals surface area contributed by atoms with Gasteiger partial charge in [-0.25, -0.2) is 9.59 Å². The molecule has 1 atom stereocenters. The zero-order valence-corrected chi connectivity index (χ0v) is 20.8. The molecule has 1 aliphatic carbocycles. The molecule has 200 valence electrons. The summed E-state index contributed by atoms with van der Waals surface area (Å²) in [6.45, 7) is 0. The first-order valence-electron chi connectivity index (χ1n) is 12.3. The minimum absolute atomic E-state index is 0.0176. The zero-order chi connectivity index (χ0) is 27.5. The molecule has 0 aromatic heterocycles. The van der Waals surface area contributed by atoms with Gasteiger partial charge in [-0.15, -0.1) is 0 Å². The summed E-state index contributed by atoms with van der Waals surface area (Å²) in [7, 11) is 1.25. The standard InChI is InChI=1S/C29H29F3N2O4/c1-38-25-16-23(15-24(17-25)29(30,31)32)28(34-27(33)37,22-13-9-20(10-14-22)26(35)36)21-11-7-19(8-12-21)18-5-3-2-4-6-18/h7-18H,2-6H2,1H3,(H,35,36)(H3,33,34,37). The summed E-state index contributed by atoms with van der Waals surface area (Å²) in [4.78, 5) is 23.9. The number of hydrogen-bond acceptors (Lipinski definition) is 3. The highest BCUT2D eigenvalue weighted by molar-refractivity contribution is 5.87. The maximum absolute atomic E-state index is 13.9. The number of methoxy groups -OCH3 is 1. The smallest absolute Gasteiger partial charge is 0.416 e. The molecular weight excluding hydrogens is 497 g/mol. The third-order valence-electron chi connectivity index (χ3n) is 7.20. The quantitative estimate of drug-likeness (QED) is 0.309. The molecule has 0 aliphatic heterocycles. The number of urea groups is 1. The number of hydrogen-bond donors (Lipinski definition) is 3. The fraction of sp³-hybridized carbons (Fsp3) is 0.310. The Morgan fingerprint density at radius 3 is 1.92 bits per heavy atom. The van der Waals surface area contributed by atoms with Crippen LogP contribution in [-0.4, -0.2) is 24.2 Å². The van der Waals surface area contributed by atoms with Crippen LogP contribution in [0.3, 0.4) is 0 Å². The van der Waals surface area contributed by atoms with Crippen molar-refractivity contribution >= 4 is 12.0 Å². The highest BCUT2D eigenvalue weighted by Gasteiger charge is 2.41. The molecule has 6 nitrogen and oxygen atoms in total. The van der Waals surface area contributed by atoms with E-state index in [1.54, 1.807) is 12.1 Å². The van der Waals surface area contributed by atoms with E-state index in [0.717, 1.165) is 43.4 Å². The van der Waals surface area contributed by atoms with Gasteiger partial charge in [-0.2, -0.15) is 13.2 Å². The number of halogens is 3. The van der Waals surface area contributed by atoms with Gasteiger partial charge in [0.05, 0.1) is 18.2 Å². The largest absolute Gasteiger partial charge is 0.497 e. The molecule has 0 saturated heterocycles. The molecule has 4 N–H and O–H groups in total. The van der Waals surface area contributed by atoms with Crippen molar-refractivity contribution in [2.24, 2.45) is 5.73 Å². The Labute approximate surface area is 218 Å². The van der Waals surface area contributed by atoms with Crippen LogP contribution in [0.2, 0.25) is 0 Å². The number of aromatic carboxylic acids is 1. The normalized spacial score (nSPS) is 15.9. The molecular formula is C29H29F3N2O4. The highest BCUT2D eigenvalue weighted by Crippen LogP contribution is 2.42. The lowest BCUT2D eigenvalue weighted by Gasteiger charge is -2.37. The molecule has 1 fully saturated rings. The molecule has 0 radical (unpaired) electrons. The monoisotopic (exact) mass is 526 g/mol. The van der Waals surface area contributed by atoms with Crippen molar-refractivity contribution in [2.45, 2.75) is 49.7 Å². The second kappa shape index (κ2) is 10.8. The Morgan fingerprint density at radius 1 is 0.868 bits per heavy atom. The second-order valence-electron chi connectivity index (χ2n) is 9.53. The molecule has 3 aromatic carbocycles. The van der Waals surface area contributed by atoms with Gasteiger partial charge < -0.3 is 20.9 Å². The molecule has 38 heavy (non-hydrogen) atoms. The zero-order valence-electron chi connectivity index (χ0n) is 20.8. The summed E-state index contributed by atoms with van der Waals surface area (Å²) in [5.74, 6) is -0.839. The van der Waals surface area contributed by atoms with Gasteiger partial charge in [0.15, 0.2) is 0 Å². The lowest BCUT2D eigenvalue weighted by molar-refractivity contribution is -0.137. The first-order chi connectivity index (χ1) is 18.0. The van der Waals surface area contributed by atoms with Gasteiger partial charge in [-0.05, 0) is 71.3 Å². The predicted molar refractivity (Wildman–Crippen MR) is 136 cm³/mol. The summed E-state index contributed by atoms with van der Waals surface area (Å²) in [6.07, 6.45) is 0.903. The van der Waals surface area contributed by atoms with E-state index in [2.05, 4.69) is 5.32 Å². The van der Waals surface area contributed by atoms with Crippen LogP contribution in [0.5, 0.6) is 5.75 Å². The molecule has 0 spiro atoms. The van der Waals surface area contributed by atoms with Crippen LogP contribution in [0.25, 0.3) is 0 Å². The van der Waals surface area contributed by atoms with Gasteiger partial charge in [0.2, 0.25) is 0 Å². The summed E-state index contributed by atoms with van der Waals surface area (Å²) >= 11 is 0. The Bertz CT molecular complexity index is 1300. The Balaban J connectivity index is 1.98. The van der Waals surface area contributed by atoms with Crippen molar-refractivity contribution in [1.29, 1.82) is 0 Å². The third-order valence-corrected chi connectivity index (χ3v) is 7.20. The molecule has 9 heteroatoms. The van der Waals surface area contributed by atoms with Gasteiger partial charge in [0, 0.05) is 0 Å². The number of primary amides is 1. The number of alkyl halides is 3. The Morgan fingerprint density at radius 2 is 1.42 bits per heavy atom. The van der Waals surface area contributed by atoms with Gasteiger partial charge in [0.25, 0.3) is 0 Å². The number of rotatable bonds is 7. The lowest BCUT2D eigenvalue weighted by Crippen LogP contribution is -2.50. The average molecular weight is 527 g/mol. The predicted octanol–water partition coefficient (Wildman–Crippen LogP) is 6.42. The summed E-state index contributed by atoms with van der Waals surface area (Å²) in [5.41, 5.74) is 4.90. The Hall–Kier alpha value is -4.01. The fourth-order valence-corrected chi connectivity index (χ4v) is 5.30. The number of carbonyl (C=O) groups excluding carboxylic acids is 1. The van der Waals surface area contributed by atoms with E-state index in [0.29, 0.717) is 17.0 Å². The molecule has 0 bridgehead atoms. The molecule has 3 aromatic rings. The maximum atomic E-state index is 13.9. The molecule has 1 aliphatic rings. The summed E-state index contributed by atoms with van der Waals surface area (Å²) < 4.78 is 46.9. The first kappa shape index (κ1) is 27.0. The molecule has 2 amide bonds. The molecule has 1 saturated carbocycles. The third kappa shape index (κ3) is 5.46. The van der Waals surface area contributed by atoms with Gasteiger partial charge in [-0.1, -0.05) is 55.7 Å². The number of carboxylic acids is 1. The minimum Gasteiger partial charge on any atom is -0.497 e. The van der Waals surface area contributed by atoms with Crippen molar-refractivity contribution in [1.82, 2.24) is 5.32 Å². The number of benzene rings is 3. The van der Waals surface area contributed by atoms with Crippen LogP contribution in [0.1, 0.15) is 76.2 Å². The van der Waals surface area contributed by atoms with Crippen molar-refractivity contribution in [3.63, 3.8) is 0 Å². The van der Waals surface area contributed by atoms with Gasteiger partial charge >= 0.3 is 18.2 Å². The van der Waals surface area contributed by atoms with Gasteiger partial charge in [0.1, 0.15) is 11.3 Å². The number of amides is 2. The van der Waals surface area contributed by atoms with Crippen LogP contribution >= 0.6 is 0 Å².